The number of oxazole rings is 1. The van der Waals surface area contributed by atoms with Gasteiger partial charge < -0.3 is 14.5 Å². The number of anilines is 1. The zero-order valence-electron chi connectivity index (χ0n) is 12.2. The molecule has 0 unspecified atom stereocenters. The van der Waals surface area contributed by atoms with Gasteiger partial charge in [-0.2, -0.15) is 0 Å². The highest BCUT2D eigenvalue weighted by atomic mass is 16.5. The van der Waals surface area contributed by atoms with Gasteiger partial charge in [0.15, 0.2) is 11.5 Å². The lowest BCUT2D eigenvalue weighted by Gasteiger charge is -2.07. The summed E-state index contributed by atoms with van der Waals surface area (Å²) in [6, 6.07) is 14.1. The number of hydrogen-bond donors (Lipinski definition) is 1. The van der Waals surface area contributed by atoms with Gasteiger partial charge in [0, 0.05) is 19.2 Å². The largest absolute Gasteiger partial charge is 0.494 e. The van der Waals surface area contributed by atoms with E-state index in [1.807, 2.05) is 44.2 Å². The number of nitrogens with zero attached hydrogens (tertiary/aromatic N) is 1. The molecule has 4 nitrogen and oxygen atoms in total. The molecule has 0 fully saturated rings. The fourth-order valence-electron chi connectivity index (χ4n) is 2.23. The normalized spacial score (nSPS) is 10.8. The van der Waals surface area contributed by atoms with Crippen LogP contribution in [-0.4, -0.2) is 11.6 Å². The molecule has 108 valence electrons. The van der Waals surface area contributed by atoms with Crippen LogP contribution in [-0.2, 0) is 6.54 Å². The number of aryl methyl sites for hydroxylation is 1. The highest BCUT2D eigenvalue weighted by Gasteiger charge is 2.03. The fourth-order valence-corrected chi connectivity index (χ4v) is 2.23. The van der Waals surface area contributed by atoms with Crippen LogP contribution in [0.15, 0.2) is 46.9 Å². The maximum absolute atomic E-state index is 5.47. The molecule has 3 rings (SSSR count). The minimum absolute atomic E-state index is 0.689. The van der Waals surface area contributed by atoms with E-state index in [-0.39, 0.29) is 0 Å². The molecule has 0 amide bonds. The molecule has 0 aliphatic heterocycles. The number of benzene rings is 2. The van der Waals surface area contributed by atoms with Gasteiger partial charge in [0.05, 0.1) is 6.61 Å². The van der Waals surface area contributed by atoms with E-state index < -0.39 is 0 Å². The topological polar surface area (TPSA) is 47.3 Å². The predicted octanol–water partition coefficient (Wildman–Crippen LogP) is 4.15. The van der Waals surface area contributed by atoms with Crippen molar-refractivity contribution < 1.29 is 9.15 Å². The molecule has 0 radical (unpaired) electrons. The van der Waals surface area contributed by atoms with Crippen LogP contribution >= 0.6 is 0 Å². The molecule has 1 heterocycles. The molecule has 0 bridgehead atoms. The van der Waals surface area contributed by atoms with E-state index in [1.54, 1.807) is 0 Å². The second-order valence-electron chi connectivity index (χ2n) is 4.85. The Labute approximate surface area is 123 Å². The van der Waals surface area contributed by atoms with Gasteiger partial charge in [-0.15, -0.1) is 0 Å². The first-order valence-corrected chi connectivity index (χ1v) is 7.07. The Hall–Kier alpha value is -2.49. The van der Waals surface area contributed by atoms with Gasteiger partial charge in [0.25, 0.3) is 0 Å². The lowest BCUT2D eigenvalue weighted by atomic mass is 10.2. The monoisotopic (exact) mass is 282 g/mol. The molecule has 21 heavy (non-hydrogen) atoms. The van der Waals surface area contributed by atoms with Crippen molar-refractivity contribution in [3.05, 3.63) is 53.9 Å². The molecule has 1 aromatic heterocycles. The lowest BCUT2D eigenvalue weighted by molar-refractivity contribution is 0.340. The van der Waals surface area contributed by atoms with E-state index in [9.17, 15) is 0 Å². The molecule has 0 saturated heterocycles. The van der Waals surface area contributed by atoms with Crippen molar-refractivity contribution in [2.75, 3.05) is 11.9 Å². The van der Waals surface area contributed by atoms with Crippen LogP contribution in [0.1, 0.15) is 18.4 Å². The molecule has 3 aromatic rings. The highest BCUT2D eigenvalue weighted by Crippen LogP contribution is 2.20. The Morgan fingerprint density at radius 3 is 2.71 bits per heavy atom. The van der Waals surface area contributed by atoms with Gasteiger partial charge in [-0.1, -0.05) is 12.1 Å². The summed E-state index contributed by atoms with van der Waals surface area (Å²) in [5.74, 6) is 1.59. The Bertz CT molecular complexity index is 732. The standard InChI is InChI=1S/C17H18N2O2/c1-3-20-15-7-4-13(5-8-15)11-18-14-6-9-17-16(10-14)19-12(2)21-17/h4-10,18H,3,11H2,1-2H3. The Morgan fingerprint density at radius 1 is 1.14 bits per heavy atom. The fraction of sp³-hybridized carbons (Fsp3) is 0.235. The zero-order chi connectivity index (χ0) is 14.7. The van der Waals surface area contributed by atoms with Crippen LogP contribution in [0.5, 0.6) is 5.75 Å². The van der Waals surface area contributed by atoms with Crippen molar-refractivity contribution in [1.82, 2.24) is 4.98 Å². The highest BCUT2D eigenvalue weighted by molar-refractivity contribution is 5.77. The first-order valence-electron chi connectivity index (χ1n) is 7.07. The van der Waals surface area contributed by atoms with Crippen molar-refractivity contribution in [2.45, 2.75) is 20.4 Å². The van der Waals surface area contributed by atoms with Gasteiger partial charge in [-0.3, -0.25) is 0 Å². The molecule has 2 aromatic carbocycles. The van der Waals surface area contributed by atoms with Crippen LogP contribution in [0.3, 0.4) is 0 Å². The SMILES string of the molecule is CCOc1ccc(CNc2ccc3oc(C)nc3c2)cc1. The average molecular weight is 282 g/mol. The maximum atomic E-state index is 5.47. The second kappa shape index (κ2) is 5.87. The number of rotatable bonds is 5. The third-order valence-corrected chi connectivity index (χ3v) is 3.23. The summed E-state index contributed by atoms with van der Waals surface area (Å²) in [4.78, 5) is 4.34. The van der Waals surface area contributed by atoms with Crippen LogP contribution < -0.4 is 10.1 Å². The minimum atomic E-state index is 0.689. The Balaban J connectivity index is 1.67. The molecule has 0 spiro atoms. The quantitative estimate of drug-likeness (QED) is 0.763. The third kappa shape index (κ3) is 3.16. The molecular weight excluding hydrogens is 264 g/mol. The van der Waals surface area contributed by atoms with Gasteiger partial charge in [-0.25, -0.2) is 4.98 Å². The van der Waals surface area contributed by atoms with Crippen LogP contribution in [0.2, 0.25) is 0 Å². The van der Waals surface area contributed by atoms with E-state index in [0.717, 1.165) is 29.1 Å². The summed E-state index contributed by atoms with van der Waals surface area (Å²) in [7, 11) is 0. The third-order valence-electron chi connectivity index (χ3n) is 3.23. The first-order chi connectivity index (χ1) is 10.2. The lowest BCUT2D eigenvalue weighted by Crippen LogP contribution is -1.99. The van der Waals surface area contributed by atoms with Crippen molar-refractivity contribution in [3.8, 4) is 5.75 Å². The van der Waals surface area contributed by atoms with E-state index in [4.69, 9.17) is 9.15 Å². The summed E-state index contributed by atoms with van der Waals surface area (Å²) in [5.41, 5.74) is 3.93. The minimum Gasteiger partial charge on any atom is -0.494 e. The number of aromatic nitrogens is 1. The molecule has 0 aliphatic carbocycles. The molecular formula is C17H18N2O2. The number of hydrogen-bond acceptors (Lipinski definition) is 4. The predicted molar refractivity (Wildman–Crippen MR) is 83.7 cm³/mol. The van der Waals surface area contributed by atoms with E-state index in [2.05, 4.69) is 22.4 Å². The van der Waals surface area contributed by atoms with Gasteiger partial charge in [0.1, 0.15) is 11.3 Å². The molecule has 0 saturated carbocycles. The van der Waals surface area contributed by atoms with Crippen LogP contribution in [0.4, 0.5) is 5.69 Å². The van der Waals surface area contributed by atoms with Crippen LogP contribution in [0, 0.1) is 6.92 Å². The van der Waals surface area contributed by atoms with E-state index in [1.165, 1.54) is 5.56 Å². The molecule has 4 heteroatoms. The van der Waals surface area contributed by atoms with E-state index >= 15 is 0 Å². The average Bonchev–Trinajstić information content (AvgIpc) is 2.86. The summed E-state index contributed by atoms with van der Waals surface area (Å²) in [6.45, 7) is 5.29. The van der Waals surface area contributed by atoms with Crippen molar-refractivity contribution in [1.29, 1.82) is 0 Å². The van der Waals surface area contributed by atoms with Gasteiger partial charge >= 0.3 is 0 Å². The summed E-state index contributed by atoms with van der Waals surface area (Å²) >= 11 is 0. The number of nitrogens with one attached hydrogen (secondary N) is 1. The Kier molecular flexibility index (Phi) is 3.77. The maximum Gasteiger partial charge on any atom is 0.192 e. The molecule has 0 aliphatic rings. The van der Waals surface area contributed by atoms with Crippen molar-refractivity contribution in [3.63, 3.8) is 0 Å². The second-order valence-corrected chi connectivity index (χ2v) is 4.85. The number of fused-ring (bicyclic) bond motifs is 1. The molecule has 1 N–H and O–H groups in total. The van der Waals surface area contributed by atoms with Gasteiger partial charge in [0.2, 0.25) is 0 Å². The Morgan fingerprint density at radius 2 is 1.95 bits per heavy atom. The van der Waals surface area contributed by atoms with Gasteiger partial charge in [-0.05, 0) is 42.8 Å². The smallest absolute Gasteiger partial charge is 0.192 e. The zero-order valence-corrected chi connectivity index (χ0v) is 12.2. The number of ether oxygens (including phenoxy) is 1. The van der Waals surface area contributed by atoms with Crippen molar-refractivity contribution >= 4 is 16.8 Å². The summed E-state index contributed by atoms with van der Waals surface area (Å²) < 4.78 is 10.9. The first kappa shape index (κ1) is 13.5. The summed E-state index contributed by atoms with van der Waals surface area (Å²) in [6.07, 6.45) is 0. The molecule has 0 atom stereocenters. The van der Waals surface area contributed by atoms with E-state index in [0.29, 0.717) is 12.5 Å². The van der Waals surface area contributed by atoms with Crippen LogP contribution in [0.25, 0.3) is 11.1 Å². The summed E-state index contributed by atoms with van der Waals surface area (Å²) in [5, 5.41) is 3.39. The van der Waals surface area contributed by atoms with Crippen molar-refractivity contribution in [2.24, 2.45) is 0 Å².